The fourth-order valence-electron chi connectivity index (χ4n) is 3.05. The Morgan fingerprint density at radius 2 is 1.64 bits per heavy atom. The second kappa shape index (κ2) is 11.2. The molecule has 4 N–H and O–H groups in total. The van der Waals surface area contributed by atoms with Crippen molar-refractivity contribution >= 4 is 40.5 Å². The zero-order valence-corrected chi connectivity index (χ0v) is 18.4. The number of rotatable bonds is 10. The van der Waals surface area contributed by atoms with Crippen molar-refractivity contribution in [3.63, 3.8) is 0 Å². The zero-order chi connectivity index (χ0) is 23.6. The van der Waals surface area contributed by atoms with Crippen LogP contribution in [0.2, 0.25) is 0 Å². The summed E-state index contributed by atoms with van der Waals surface area (Å²) in [5.74, 6) is 0.745. The van der Waals surface area contributed by atoms with Gasteiger partial charge < -0.3 is 21.3 Å². The first-order valence-corrected chi connectivity index (χ1v) is 10.4. The SMILES string of the molecule is C=CC(=O)Nc1ccc(CCNc2cc(Nc3c(C)cccc3NC(=O)C=C)ncn2)cc1. The van der Waals surface area contributed by atoms with E-state index in [1.54, 1.807) is 6.07 Å². The molecule has 33 heavy (non-hydrogen) atoms. The lowest BCUT2D eigenvalue weighted by Crippen LogP contribution is -2.11. The van der Waals surface area contributed by atoms with Gasteiger partial charge in [0.1, 0.15) is 18.0 Å². The van der Waals surface area contributed by atoms with Gasteiger partial charge in [-0.15, -0.1) is 0 Å². The maximum Gasteiger partial charge on any atom is 0.247 e. The van der Waals surface area contributed by atoms with Gasteiger partial charge in [0.05, 0.1) is 11.4 Å². The average molecular weight is 443 g/mol. The molecule has 0 saturated carbocycles. The van der Waals surface area contributed by atoms with Crippen molar-refractivity contribution in [3.8, 4) is 0 Å². The van der Waals surface area contributed by atoms with Crippen LogP contribution in [0.5, 0.6) is 0 Å². The minimum atomic E-state index is -0.287. The highest BCUT2D eigenvalue weighted by Crippen LogP contribution is 2.29. The van der Waals surface area contributed by atoms with E-state index in [1.807, 2.05) is 49.4 Å². The number of anilines is 5. The maximum absolute atomic E-state index is 11.8. The van der Waals surface area contributed by atoms with E-state index >= 15 is 0 Å². The maximum atomic E-state index is 11.8. The molecule has 0 bridgehead atoms. The van der Waals surface area contributed by atoms with Gasteiger partial charge in [-0.3, -0.25) is 9.59 Å². The first-order chi connectivity index (χ1) is 16.0. The second-order valence-corrected chi connectivity index (χ2v) is 7.17. The fraction of sp³-hybridized carbons (Fsp3) is 0.120. The van der Waals surface area contributed by atoms with Gasteiger partial charge in [0.25, 0.3) is 0 Å². The Morgan fingerprint density at radius 1 is 0.939 bits per heavy atom. The number of aryl methyl sites for hydroxylation is 1. The molecule has 168 valence electrons. The number of aromatic nitrogens is 2. The average Bonchev–Trinajstić information content (AvgIpc) is 2.82. The molecule has 0 saturated heterocycles. The van der Waals surface area contributed by atoms with Crippen LogP contribution in [0.3, 0.4) is 0 Å². The predicted molar refractivity (Wildman–Crippen MR) is 133 cm³/mol. The number of nitrogens with one attached hydrogen (secondary N) is 4. The highest BCUT2D eigenvalue weighted by Gasteiger charge is 2.09. The molecule has 8 heteroatoms. The Hall–Kier alpha value is -4.46. The van der Waals surface area contributed by atoms with Gasteiger partial charge in [-0.2, -0.15) is 0 Å². The second-order valence-electron chi connectivity index (χ2n) is 7.17. The lowest BCUT2D eigenvalue weighted by atomic mass is 10.1. The highest BCUT2D eigenvalue weighted by molar-refractivity contribution is 6.01. The number of nitrogens with zero attached hydrogens (tertiary/aromatic N) is 2. The Morgan fingerprint density at radius 3 is 2.36 bits per heavy atom. The molecule has 1 heterocycles. The molecule has 0 aliphatic carbocycles. The van der Waals surface area contributed by atoms with Crippen LogP contribution in [0.15, 0.2) is 80.2 Å². The molecule has 0 spiro atoms. The Balaban J connectivity index is 1.61. The summed E-state index contributed by atoms with van der Waals surface area (Å²) in [6.45, 7) is 9.54. The van der Waals surface area contributed by atoms with Crippen molar-refractivity contribution in [3.05, 3.63) is 91.3 Å². The summed E-state index contributed by atoms with van der Waals surface area (Å²) in [7, 11) is 0. The van der Waals surface area contributed by atoms with Gasteiger partial charge in [-0.1, -0.05) is 37.4 Å². The molecule has 3 aromatic rings. The van der Waals surface area contributed by atoms with Crippen LogP contribution in [-0.4, -0.2) is 28.3 Å². The minimum Gasteiger partial charge on any atom is -0.370 e. The normalized spacial score (nSPS) is 10.1. The van der Waals surface area contributed by atoms with Crippen LogP contribution in [0.25, 0.3) is 0 Å². The fourth-order valence-corrected chi connectivity index (χ4v) is 3.05. The zero-order valence-electron chi connectivity index (χ0n) is 18.4. The van der Waals surface area contributed by atoms with Crippen molar-refractivity contribution in [2.75, 3.05) is 27.8 Å². The van der Waals surface area contributed by atoms with Crippen LogP contribution in [0.4, 0.5) is 28.7 Å². The summed E-state index contributed by atoms with van der Waals surface area (Å²) in [5.41, 5.74) is 4.19. The number of carbonyl (C=O) groups excluding carboxylic acids is 2. The lowest BCUT2D eigenvalue weighted by molar-refractivity contribution is -0.112. The quantitative estimate of drug-likeness (QED) is 0.346. The van der Waals surface area contributed by atoms with Gasteiger partial charge in [-0.25, -0.2) is 9.97 Å². The van der Waals surface area contributed by atoms with Gasteiger partial charge >= 0.3 is 0 Å². The van der Waals surface area contributed by atoms with Crippen LogP contribution in [-0.2, 0) is 16.0 Å². The smallest absolute Gasteiger partial charge is 0.247 e. The number of benzene rings is 2. The van der Waals surface area contributed by atoms with Gasteiger partial charge in [0, 0.05) is 18.3 Å². The first-order valence-electron chi connectivity index (χ1n) is 10.4. The molecule has 0 aliphatic heterocycles. The third-order valence-corrected chi connectivity index (χ3v) is 4.76. The molecule has 0 atom stereocenters. The van der Waals surface area contributed by atoms with E-state index < -0.39 is 0 Å². The monoisotopic (exact) mass is 442 g/mol. The van der Waals surface area contributed by atoms with Gasteiger partial charge in [0.15, 0.2) is 0 Å². The lowest BCUT2D eigenvalue weighted by Gasteiger charge is -2.15. The molecule has 0 aliphatic rings. The molecule has 8 nitrogen and oxygen atoms in total. The molecule has 2 aromatic carbocycles. The number of amides is 2. The molecular weight excluding hydrogens is 416 g/mol. The number of hydrogen-bond acceptors (Lipinski definition) is 6. The van der Waals surface area contributed by atoms with Crippen LogP contribution < -0.4 is 21.3 Å². The van der Waals surface area contributed by atoms with Gasteiger partial charge in [0.2, 0.25) is 11.8 Å². The van der Waals surface area contributed by atoms with Gasteiger partial charge in [-0.05, 0) is 54.8 Å². The highest BCUT2D eigenvalue weighted by atomic mass is 16.2. The Bertz CT molecular complexity index is 1160. The molecule has 0 fully saturated rings. The van der Waals surface area contributed by atoms with E-state index in [9.17, 15) is 9.59 Å². The summed E-state index contributed by atoms with van der Waals surface area (Å²) in [6, 6.07) is 15.1. The van der Waals surface area contributed by atoms with Crippen LogP contribution in [0.1, 0.15) is 11.1 Å². The third-order valence-electron chi connectivity index (χ3n) is 4.76. The summed E-state index contributed by atoms with van der Waals surface area (Å²) < 4.78 is 0. The molecule has 0 radical (unpaired) electrons. The topological polar surface area (TPSA) is 108 Å². The molecule has 3 rings (SSSR count). The molecule has 2 amide bonds. The largest absolute Gasteiger partial charge is 0.370 e. The summed E-state index contributed by atoms with van der Waals surface area (Å²) in [5, 5.41) is 12.1. The van der Waals surface area contributed by atoms with E-state index in [0.29, 0.717) is 23.9 Å². The summed E-state index contributed by atoms with van der Waals surface area (Å²) in [4.78, 5) is 31.7. The van der Waals surface area contributed by atoms with Crippen LogP contribution >= 0.6 is 0 Å². The number of carbonyl (C=O) groups is 2. The standard InChI is InChI=1S/C25H26N6O2/c1-4-23(32)29-19-11-9-18(10-12-19)13-14-26-21-15-22(28-16-27-21)31-25-17(3)7-6-8-20(25)30-24(33)5-2/h4-12,15-16H,1-2,13-14H2,3H3,(H,29,32)(H,30,33)(H2,26,27,28,31). The van der Waals surface area contributed by atoms with Crippen molar-refractivity contribution in [1.82, 2.24) is 9.97 Å². The van der Waals surface area contributed by atoms with Crippen LogP contribution in [0, 0.1) is 6.92 Å². The summed E-state index contributed by atoms with van der Waals surface area (Å²) >= 11 is 0. The number of hydrogen-bond donors (Lipinski definition) is 4. The van der Waals surface area contributed by atoms with Crippen molar-refractivity contribution in [2.24, 2.45) is 0 Å². The van der Waals surface area contributed by atoms with E-state index in [4.69, 9.17) is 0 Å². The first kappa shape index (κ1) is 23.2. The minimum absolute atomic E-state index is 0.238. The number of para-hydroxylation sites is 1. The Kier molecular flexibility index (Phi) is 7.91. The van der Waals surface area contributed by atoms with Crippen molar-refractivity contribution < 1.29 is 9.59 Å². The predicted octanol–water partition coefficient (Wildman–Crippen LogP) is 4.43. The molecule has 1 aromatic heterocycles. The van der Waals surface area contributed by atoms with Crippen molar-refractivity contribution in [2.45, 2.75) is 13.3 Å². The summed E-state index contributed by atoms with van der Waals surface area (Å²) in [6.07, 6.45) is 4.71. The van der Waals surface area contributed by atoms with E-state index in [0.717, 1.165) is 28.9 Å². The van der Waals surface area contributed by atoms with E-state index in [-0.39, 0.29) is 11.8 Å². The van der Waals surface area contributed by atoms with Crippen molar-refractivity contribution in [1.29, 1.82) is 0 Å². The third kappa shape index (κ3) is 6.76. The van der Waals surface area contributed by atoms with E-state index in [2.05, 4.69) is 44.4 Å². The molecule has 0 unspecified atom stereocenters. The van der Waals surface area contributed by atoms with E-state index in [1.165, 1.54) is 18.5 Å². The molecular formula is C25H26N6O2. The Labute approximate surface area is 192 Å².